The van der Waals surface area contributed by atoms with Gasteiger partial charge in [-0.25, -0.2) is 4.98 Å². The lowest BCUT2D eigenvalue weighted by Gasteiger charge is -2.19. The Morgan fingerprint density at radius 3 is 2.90 bits per heavy atom. The minimum atomic E-state index is -0.351. The Morgan fingerprint density at radius 1 is 1.20 bits per heavy atom. The molecule has 1 N–H and O–H groups in total. The maximum absolute atomic E-state index is 10.9. The molecule has 1 aliphatic carbocycles. The summed E-state index contributed by atoms with van der Waals surface area (Å²) in [5.41, 5.74) is 5.21. The second-order valence-electron chi connectivity index (χ2n) is 4.89. The van der Waals surface area contributed by atoms with E-state index in [0.717, 1.165) is 40.6 Å². The number of hydrogen-bond donors (Lipinski definition) is 1. The van der Waals surface area contributed by atoms with Crippen LogP contribution < -0.4 is 0 Å². The highest BCUT2D eigenvalue weighted by atomic mass is 16.6. The molecule has 0 saturated heterocycles. The molecule has 3 aromatic rings. The van der Waals surface area contributed by atoms with Gasteiger partial charge in [-0.2, -0.15) is 5.10 Å². The third-order valence-corrected chi connectivity index (χ3v) is 3.79. The number of nitro benzene ring substituents is 1. The first kappa shape index (κ1) is 11.1. The first-order valence-electron chi connectivity index (χ1n) is 6.32. The number of fused-ring (bicyclic) bond motifs is 5. The Labute approximate surface area is 113 Å². The highest BCUT2D eigenvalue weighted by Crippen LogP contribution is 2.38. The van der Waals surface area contributed by atoms with Crippen LogP contribution >= 0.6 is 0 Å². The number of benzene rings is 1. The number of hydrogen-bond acceptors (Lipinski definition) is 4. The van der Waals surface area contributed by atoms with Crippen LogP contribution in [0.2, 0.25) is 0 Å². The lowest BCUT2D eigenvalue weighted by atomic mass is 9.85. The number of pyridine rings is 1. The average molecular weight is 266 g/mol. The van der Waals surface area contributed by atoms with Crippen LogP contribution in [-0.2, 0) is 12.8 Å². The highest BCUT2D eigenvalue weighted by molar-refractivity contribution is 5.95. The van der Waals surface area contributed by atoms with E-state index < -0.39 is 0 Å². The van der Waals surface area contributed by atoms with Gasteiger partial charge in [0.15, 0.2) is 5.65 Å². The van der Waals surface area contributed by atoms with Crippen LogP contribution in [0.1, 0.15) is 11.1 Å². The van der Waals surface area contributed by atoms with E-state index in [-0.39, 0.29) is 10.6 Å². The van der Waals surface area contributed by atoms with Gasteiger partial charge >= 0.3 is 0 Å². The predicted molar refractivity (Wildman–Crippen MR) is 73.4 cm³/mol. The average Bonchev–Trinajstić information content (AvgIpc) is 2.94. The van der Waals surface area contributed by atoms with Gasteiger partial charge in [-0.3, -0.25) is 15.2 Å². The van der Waals surface area contributed by atoms with Gasteiger partial charge in [-0.1, -0.05) is 0 Å². The number of H-pyrrole nitrogens is 1. The lowest BCUT2D eigenvalue weighted by molar-refractivity contribution is -0.384. The topological polar surface area (TPSA) is 84.7 Å². The Hall–Kier alpha value is -2.76. The number of nitrogens with one attached hydrogen (secondary N) is 1. The first-order chi connectivity index (χ1) is 9.74. The Balaban J connectivity index is 2.02. The minimum absolute atomic E-state index is 0.143. The summed E-state index contributed by atoms with van der Waals surface area (Å²) in [5.74, 6) is 0. The van der Waals surface area contributed by atoms with Crippen molar-refractivity contribution in [2.75, 3.05) is 0 Å². The summed E-state index contributed by atoms with van der Waals surface area (Å²) in [6, 6.07) is 5.06. The molecule has 6 heteroatoms. The molecule has 1 aromatic carbocycles. The molecular formula is C14H10N4O2. The zero-order valence-corrected chi connectivity index (χ0v) is 10.5. The molecular weight excluding hydrogens is 256 g/mol. The van der Waals surface area contributed by atoms with Crippen LogP contribution in [0.5, 0.6) is 0 Å². The quantitative estimate of drug-likeness (QED) is 0.542. The number of nitrogens with zero attached hydrogens (tertiary/aromatic N) is 3. The monoisotopic (exact) mass is 266 g/mol. The van der Waals surface area contributed by atoms with Gasteiger partial charge in [0.25, 0.3) is 5.69 Å². The summed E-state index contributed by atoms with van der Waals surface area (Å²) in [4.78, 5) is 14.9. The molecule has 0 saturated carbocycles. The second-order valence-corrected chi connectivity index (χ2v) is 4.89. The Bertz CT molecular complexity index is 854. The molecule has 0 spiro atoms. The van der Waals surface area contributed by atoms with Gasteiger partial charge in [0.2, 0.25) is 0 Å². The lowest BCUT2D eigenvalue weighted by Crippen LogP contribution is -2.05. The zero-order chi connectivity index (χ0) is 13.7. The van der Waals surface area contributed by atoms with E-state index in [1.807, 2.05) is 12.3 Å². The van der Waals surface area contributed by atoms with E-state index in [9.17, 15) is 10.1 Å². The molecule has 2 aromatic heterocycles. The third kappa shape index (κ3) is 1.45. The van der Waals surface area contributed by atoms with Crippen molar-refractivity contribution >= 4 is 16.7 Å². The van der Waals surface area contributed by atoms with Crippen molar-refractivity contribution in [3.8, 4) is 11.1 Å². The van der Waals surface area contributed by atoms with E-state index in [1.54, 1.807) is 18.3 Å². The van der Waals surface area contributed by atoms with E-state index >= 15 is 0 Å². The molecule has 98 valence electrons. The molecule has 0 fully saturated rings. The summed E-state index contributed by atoms with van der Waals surface area (Å²) in [7, 11) is 0. The highest BCUT2D eigenvalue weighted by Gasteiger charge is 2.21. The number of aromatic nitrogens is 3. The Morgan fingerprint density at radius 2 is 2.05 bits per heavy atom. The smallest absolute Gasteiger partial charge is 0.261 e. The number of aryl methyl sites for hydroxylation is 2. The largest absolute Gasteiger partial charge is 0.269 e. The van der Waals surface area contributed by atoms with Gasteiger partial charge < -0.3 is 0 Å². The molecule has 0 unspecified atom stereocenters. The molecule has 0 bridgehead atoms. The molecule has 0 amide bonds. The molecule has 6 nitrogen and oxygen atoms in total. The summed E-state index contributed by atoms with van der Waals surface area (Å²) in [6.07, 6.45) is 5.27. The Kier molecular flexibility index (Phi) is 2.14. The van der Waals surface area contributed by atoms with Crippen molar-refractivity contribution in [1.82, 2.24) is 15.2 Å². The van der Waals surface area contributed by atoms with E-state index in [1.165, 1.54) is 5.56 Å². The zero-order valence-electron chi connectivity index (χ0n) is 10.5. The van der Waals surface area contributed by atoms with E-state index in [0.29, 0.717) is 0 Å². The maximum Gasteiger partial charge on any atom is 0.269 e. The fraction of sp³-hybridized carbons (Fsp3) is 0.143. The summed E-state index contributed by atoms with van der Waals surface area (Å²) in [6.45, 7) is 0. The summed E-state index contributed by atoms with van der Waals surface area (Å²) < 4.78 is 0. The maximum atomic E-state index is 10.9. The SMILES string of the molecule is O=[N+]([O-])c1ccc2c(c1)CCc1cnc3[nH]ncc3c1-2. The van der Waals surface area contributed by atoms with Crippen molar-refractivity contribution < 1.29 is 4.92 Å². The van der Waals surface area contributed by atoms with Crippen LogP contribution in [0.25, 0.3) is 22.2 Å². The molecule has 2 heterocycles. The summed E-state index contributed by atoms with van der Waals surface area (Å²) in [5, 5.41) is 18.7. The second kappa shape index (κ2) is 3.86. The summed E-state index contributed by atoms with van der Waals surface area (Å²) >= 11 is 0. The molecule has 4 rings (SSSR count). The van der Waals surface area contributed by atoms with Crippen molar-refractivity contribution in [1.29, 1.82) is 0 Å². The number of aromatic amines is 1. The molecule has 0 aliphatic heterocycles. The van der Waals surface area contributed by atoms with Crippen molar-refractivity contribution in [3.05, 3.63) is 51.8 Å². The van der Waals surface area contributed by atoms with Crippen LogP contribution in [0, 0.1) is 10.1 Å². The molecule has 1 aliphatic rings. The molecule has 20 heavy (non-hydrogen) atoms. The van der Waals surface area contributed by atoms with Gasteiger partial charge in [0.05, 0.1) is 11.1 Å². The van der Waals surface area contributed by atoms with Crippen molar-refractivity contribution in [3.63, 3.8) is 0 Å². The minimum Gasteiger partial charge on any atom is -0.261 e. The normalized spacial score (nSPS) is 13.0. The standard InChI is InChI=1S/C14H10N4O2/c19-18(20)10-3-4-11-8(5-10)1-2-9-6-15-14-12(13(9)11)7-16-17-14/h3-7H,1-2H2,(H,15,16,17). The van der Waals surface area contributed by atoms with E-state index in [2.05, 4.69) is 15.2 Å². The van der Waals surface area contributed by atoms with Crippen LogP contribution in [-0.4, -0.2) is 20.1 Å². The van der Waals surface area contributed by atoms with E-state index in [4.69, 9.17) is 0 Å². The number of non-ortho nitro benzene ring substituents is 1. The molecule has 0 atom stereocenters. The van der Waals surface area contributed by atoms with Crippen LogP contribution in [0.15, 0.2) is 30.6 Å². The van der Waals surface area contributed by atoms with Gasteiger partial charge in [-0.05, 0) is 41.2 Å². The first-order valence-corrected chi connectivity index (χ1v) is 6.32. The third-order valence-electron chi connectivity index (χ3n) is 3.79. The molecule has 0 radical (unpaired) electrons. The predicted octanol–water partition coefficient (Wildman–Crippen LogP) is 2.63. The van der Waals surface area contributed by atoms with Crippen LogP contribution in [0.3, 0.4) is 0 Å². The van der Waals surface area contributed by atoms with Gasteiger partial charge in [0.1, 0.15) is 0 Å². The number of rotatable bonds is 1. The van der Waals surface area contributed by atoms with Crippen molar-refractivity contribution in [2.45, 2.75) is 12.8 Å². The fourth-order valence-electron chi connectivity index (χ4n) is 2.86. The van der Waals surface area contributed by atoms with Crippen molar-refractivity contribution in [2.24, 2.45) is 0 Å². The number of nitro groups is 1. The van der Waals surface area contributed by atoms with Gasteiger partial charge in [0, 0.05) is 23.7 Å². The van der Waals surface area contributed by atoms with Crippen LogP contribution in [0.4, 0.5) is 5.69 Å². The van der Waals surface area contributed by atoms with Gasteiger partial charge in [-0.15, -0.1) is 0 Å². The fourth-order valence-corrected chi connectivity index (χ4v) is 2.86.